The van der Waals surface area contributed by atoms with Gasteiger partial charge in [-0.05, 0) is 84.7 Å². The maximum Gasteiger partial charge on any atom is 0.326 e. The molecule has 37 heavy (non-hydrogen) atoms. The first-order valence-corrected chi connectivity index (χ1v) is 13.0. The number of pyridine rings is 1. The van der Waals surface area contributed by atoms with Crippen LogP contribution in [0.5, 0.6) is 0 Å². The highest BCUT2D eigenvalue weighted by atomic mass is 32.1. The number of carboxylic acids is 1. The van der Waals surface area contributed by atoms with Gasteiger partial charge < -0.3 is 15.7 Å². The van der Waals surface area contributed by atoms with Crippen LogP contribution in [0.4, 0.5) is 5.82 Å². The summed E-state index contributed by atoms with van der Waals surface area (Å²) in [6.45, 7) is 8.41. The minimum absolute atomic E-state index is 0.198. The van der Waals surface area contributed by atoms with Crippen molar-refractivity contribution in [1.82, 2.24) is 10.3 Å². The third kappa shape index (κ3) is 6.43. The first-order chi connectivity index (χ1) is 17.7. The molecule has 0 radical (unpaired) electrons. The summed E-state index contributed by atoms with van der Waals surface area (Å²) in [5.74, 6) is -0.584. The molecule has 0 spiro atoms. The Labute approximate surface area is 221 Å². The molecular weight excluding hydrogens is 482 g/mol. The summed E-state index contributed by atoms with van der Waals surface area (Å²) in [7, 11) is 0. The average Bonchev–Trinajstić information content (AvgIpc) is 3.31. The van der Waals surface area contributed by atoms with Crippen LogP contribution in [0.25, 0.3) is 10.4 Å². The fraction of sp³-hybridized carbons (Fsp3) is 0.233. The van der Waals surface area contributed by atoms with Crippen molar-refractivity contribution in [3.63, 3.8) is 0 Å². The van der Waals surface area contributed by atoms with Crippen LogP contribution in [0.2, 0.25) is 0 Å². The molecule has 0 aliphatic heterocycles. The van der Waals surface area contributed by atoms with Gasteiger partial charge in [0.25, 0.3) is 5.91 Å². The first-order valence-electron chi connectivity index (χ1n) is 12.1. The fourth-order valence-corrected chi connectivity index (χ4v) is 5.48. The van der Waals surface area contributed by atoms with E-state index in [0.29, 0.717) is 12.1 Å². The number of nitrogens with zero attached hydrogens (tertiary/aromatic N) is 1. The molecule has 2 aromatic heterocycles. The van der Waals surface area contributed by atoms with Crippen LogP contribution < -0.4 is 10.6 Å². The van der Waals surface area contributed by atoms with Gasteiger partial charge in [0.1, 0.15) is 11.9 Å². The maximum absolute atomic E-state index is 12.9. The second-order valence-electron chi connectivity index (χ2n) is 9.39. The highest BCUT2D eigenvalue weighted by molar-refractivity contribution is 7.13. The molecule has 7 heteroatoms. The van der Waals surface area contributed by atoms with E-state index in [1.54, 1.807) is 17.5 Å². The Hall–Kier alpha value is -3.97. The Morgan fingerprint density at radius 3 is 2.30 bits per heavy atom. The molecular formula is C30H31N3O3S. The van der Waals surface area contributed by atoms with Gasteiger partial charge in [-0.3, -0.25) is 4.79 Å². The van der Waals surface area contributed by atoms with E-state index < -0.39 is 12.0 Å². The monoisotopic (exact) mass is 513 g/mol. The Bertz CT molecular complexity index is 1400. The molecule has 0 saturated heterocycles. The highest BCUT2D eigenvalue weighted by Crippen LogP contribution is 2.30. The predicted molar refractivity (Wildman–Crippen MR) is 149 cm³/mol. The first kappa shape index (κ1) is 26.1. The van der Waals surface area contributed by atoms with E-state index in [-0.39, 0.29) is 12.3 Å². The van der Waals surface area contributed by atoms with Crippen molar-refractivity contribution in [1.29, 1.82) is 0 Å². The quantitative estimate of drug-likeness (QED) is 0.252. The fourth-order valence-electron chi connectivity index (χ4n) is 4.54. The van der Waals surface area contributed by atoms with Gasteiger partial charge in [0.05, 0.1) is 0 Å². The number of thiophene rings is 1. The van der Waals surface area contributed by atoms with Crippen LogP contribution in [-0.4, -0.2) is 28.0 Å². The van der Waals surface area contributed by atoms with Gasteiger partial charge >= 0.3 is 5.97 Å². The molecule has 1 atom stereocenters. The third-order valence-corrected chi connectivity index (χ3v) is 7.29. The van der Waals surface area contributed by atoms with Crippen LogP contribution in [-0.2, 0) is 17.8 Å². The summed E-state index contributed by atoms with van der Waals surface area (Å²) in [4.78, 5) is 30.4. The molecule has 2 heterocycles. The van der Waals surface area contributed by atoms with Crippen LogP contribution in [0.1, 0.15) is 43.7 Å². The second-order valence-corrected chi connectivity index (χ2v) is 10.3. The van der Waals surface area contributed by atoms with Crippen LogP contribution in [0.3, 0.4) is 0 Å². The number of hydrogen-bond donors (Lipinski definition) is 3. The molecule has 6 nitrogen and oxygen atoms in total. The van der Waals surface area contributed by atoms with Gasteiger partial charge in [-0.15, -0.1) is 11.3 Å². The van der Waals surface area contributed by atoms with Gasteiger partial charge in [-0.2, -0.15) is 0 Å². The zero-order valence-electron chi connectivity index (χ0n) is 21.5. The molecule has 190 valence electrons. The maximum atomic E-state index is 12.9. The number of aliphatic carboxylic acids is 1. The summed E-state index contributed by atoms with van der Waals surface area (Å²) in [6, 6.07) is 16.8. The standard InChI is InChI=1S/C30H31N3O3S/c1-18-9-11-31-26(15-18)32-17-24-10-12-37-28(24)23-7-5-22(6-8-23)16-25(30(35)36)33-29(34)27-20(3)13-19(2)14-21(27)4/h5-15,25H,16-17H2,1-4H3,(H,31,32)(H,33,34)(H,35,36)/t25-/m0/s1. The van der Waals surface area contributed by atoms with Gasteiger partial charge in [-0.1, -0.05) is 42.0 Å². The molecule has 0 saturated carbocycles. The van der Waals surface area contributed by atoms with Gasteiger partial charge in [0.2, 0.25) is 0 Å². The molecule has 0 unspecified atom stereocenters. The smallest absolute Gasteiger partial charge is 0.326 e. The average molecular weight is 514 g/mol. The molecule has 4 rings (SSSR count). The number of amides is 1. The number of carboxylic acid groups (broad SMARTS) is 1. The van der Waals surface area contributed by atoms with Gasteiger partial charge in [0, 0.05) is 29.6 Å². The number of nitrogens with one attached hydrogen (secondary N) is 2. The molecule has 0 aliphatic carbocycles. The van der Waals surface area contributed by atoms with E-state index in [1.165, 1.54) is 5.56 Å². The third-order valence-electron chi connectivity index (χ3n) is 6.29. The summed E-state index contributed by atoms with van der Waals surface area (Å²) in [5, 5.41) is 18.0. The molecule has 4 aromatic rings. The minimum atomic E-state index is -1.06. The number of aryl methyl sites for hydroxylation is 4. The lowest BCUT2D eigenvalue weighted by atomic mass is 9.98. The number of hydrogen-bond acceptors (Lipinski definition) is 5. The second kappa shape index (κ2) is 11.4. The normalized spacial score (nSPS) is 11.7. The zero-order valence-corrected chi connectivity index (χ0v) is 22.3. The Morgan fingerprint density at radius 1 is 0.946 bits per heavy atom. The lowest BCUT2D eigenvalue weighted by molar-refractivity contribution is -0.139. The molecule has 0 bridgehead atoms. The number of carbonyl (C=O) groups is 2. The number of carbonyl (C=O) groups excluding carboxylic acids is 1. The Balaban J connectivity index is 1.44. The topological polar surface area (TPSA) is 91.3 Å². The number of anilines is 1. The summed E-state index contributed by atoms with van der Waals surface area (Å²) in [5.41, 5.74) is 7.50. The summed E-state index contributed by atoms with van der Waals surface area (Å²) in [6.07, 6.45) is 1.99. The van der Waals surface area contributed by atoms with E-state index >= 15 is 0 Å². The SMILES string of the molecule is Cc1ccnc(NCc2ccsc2-c2ccc(C[C@H](NC(=O)c3c(C)cc(C)cc3C)C(=O)O)cc2)c1. The van der Waals surface area contributed by atoms with Gasteiger partial charge in [-0.25, -0.2) is 9.78 Å². The molecule has 3 N–H and O–H groups in total. The van der Waals surface area contributed by atoms with Crippen molar-refractivity contribution in [3.05, 3.63) is 105 Å². The zero-order chi connectivity index (χ0) is 26.5. The predicted octanol–water partition coefficient (Wildman–Crippen LogP) is 6.08. The molecule has 1 amide bonds. The minimum Gasteiger partial charge on any atom is -0.480 e. The lowest BCUT2D eigenvalue weighted by Crippen LogP contribution is -2.42. The van der Waals surface area contributed by atoms with Crippen LogP contribution >= 0.6 is 11.3 Å². The van der Waals surface area contributed by atoms with E-state index in [4.69, 9.17) is 0 Å². The summed E-state index contributed by atoms with van der Waals surface area (Å²) >= 11 is 1.66. The molecule has 0 aliphatic rings. The van der Waals surface area contributed by atoms with E-state index in [0.717, 1.165) is 44.1 Å². The van der Waals surface area contributed by atoms with Gasteiger partial charge in [0.15, 0.2) is 0 Å². The van der Waals surface area contributed by atoms with E-state index in [2.05, 4.69) is 27.1 Å². The van der Waals surface area contributed by atoms with Crippen LogP contribution in [0, 0.1) is 27.7 Å². The van der Waals surface area contributed by atoms with Crippen molar-refractivity contribution in [2.75, 3.05) is 5.32 Å². The number of rotatable bonds is 9. The molecule has 2 aromatic carbocycles. The lowest BCUT2D eigenvalue weighted by Gasteiger charge is -2.17. The van der Waals surface area contributed by atoms with Crippen molar-refractivity contribution in [2.45, 2.75) is 46.7 Å². The van der Waals surface area contributed by atoms with E-state index in [1.807, 2.05) is 76.2 Å². The number of aromatic nitrogens is 1. The highest BCUT2D eigenvalue weighted by Gasteiger charge is 2.23. The molecule has 0 fully saturated rings. The number of benzene rings is 2. The summed E-state index contributed by atoms with van der Waals surface area (Å²) < 4.78 is 0. The van der Waals surface area contributed by atoms with Crippen LogP contribution in [0.15, 0.2) is 66.2 Å². The Morgan fingerprint density at radius 2 is 1.65 bits per heavy atom. The van der Waals surface area contributed by atoms with Crippen molar-refractivity contribution in [3.8, 4) is 10.4 Å². The van der Waals surface area contributed by atoms with Crippen molar-refractivity contribution in [2.24, 2.45) is 0 Å². The largest absolute Gasteiger partial charge is 0.480 e. The van der Waals surface area contributed by atoms with Crippen molar-refractivity contribution >= 4 is 29.0 Å². The van der Waals surface area contributed by atoms with Crippen molar-refractivity contribution < 1.29 is 14.7 Å². The van der Waals surface area contributed by atoms with E-state index in [9.17, 15) is 14.7 Å². The Kier molecular flexibility index (Phi) is 8.04.